The molecule has 0 radical (unpaired) electrons. The Kier molecular flexibility index (Phi) is 5.96. The van der Waals surface area contributed by atoms with Crippen LogP contribution in [-0.2, 0) is 28.9 Å². The van der Waals surface area contributed by atoms with Crippen LogP contribution in [0.1, 0.15) is 25.7 Å². The van der Waals surface area contributed by atoms with Gasteiger partial charge in [0.25, 0.3) is 0 Å². The molecule has 0 bridgehead atoms. The summed E-state index contributed by atoms with van der Waals surface area (Å²) >= 11 is 1.26. The van der Waals surface area contributed by atoms with Crippen LogP contribution in [0.25, 0.3) is 0 Å². The molecule has 1 fully saturated rings. The minimum atomic E-state index is -1.09. The molecule has 0 aromatic rings. The molecule has 2 unspecified atom stereocenters. The number of methoxy groups -OCH3 is 1. The van der Waals surface area contributed by atoms with Crippen LogP contribution in [0.3, 0.4) is 0 Å². The predicted molar refractivity (Wildman–Crippen MR) is 66.4 cm³/mol. The van der Waals surface area contributed by atoms with Gasteiger partial charge < -0.3 is 0 Å². The second kappa shape index (κ2) is 7.00. The normalized spacial score (nSPS) is 24.4. The summed E-state index contributed by atoms with van der Waals surface area (Å²) in [6.07, 6.45) is 4.58. The summed E-state index contributed by atoms with van der Waals surface area (Å²) in [4.78, 5) is 11.1. The molecule has 0 saturated heterocycles. The van der Waals surface area contributed by atoms with Gasteiger partial charge in [-0.2, -0.15) is 0 Å². The number of hydrogen-bond donors (Lipinski definition) is 2. The SMILES string of the molecule is C=C(C=C1CCCCC(C(O)C(N)=O)[C]1=[W])OC. The molecule has 100 valence electrons. The Balaban J connectivity index is 2.95. The molecule has 0 aromatic carbocycles. The van der Waals surface area contributed by atoms with Gasteiger partial charge in [0, 0.05) is 0 Å². The van der Waals surface area contributed by atoms with Crippen molar-refractivity contribution in [3.05, 3.63) is 24.0 Å². The summed E-state index contributed by atoms with van der Waals surface area (Å²) in [5.74, 6) is -0.209. The first-order valence-electron chi connectivity index (χ1n) is 5.92. The Morgan fingerprint density at radius 2 is 2.33 bits per heavy atom. The maximum absolute atomic E-state index is 11.1. The number of aliphatic hydroxyl groups excluding tert-OH is 1. The summed E-state index contributed by atoms with van der Waals surface area (Å²) < 4.78 is 6.15. The number of primary amides is 1. The van der Waals surface area contributed by atoms with Gasteiger partial charge in [-0.25, -0.2) is 0 Å². The van der Waals surface area contributed by atoms with Gasteiger partial charge in [0.05, 0.1) is 0 Å². The average Bonchev–Trinajstić information content (AvgIpc) is 2.51. The number of rotatable bonds is 4. The molecule has 1 saturated carbocycles. The van der Waals surface area contributed by atoms with Crippen LogP contribution in [-0.4, -0.2) is 28.1 Å². The van der Waals surface area contributed by atoms with Crippen molar-refractivity contribution in [1.29, 1.82) is 0 Å². The van der Waals surface area contributed by atoms with Crippen LogP contribution in [0.2, 0.25) is 0 Å². The van der Waals surface area contributed by atoms with E-state index in [4.69, 9.17) is 10.5 Å². The van der Waals surface area contributed by atoms with Gasteiger partial charge in [0.1, 0.15) is 0 Å². The molecule has 18 heavy (non-hydrogen) atoms. The maximum atomic E-state index is 11.1. The third-order valence-corrected chi connectivity index (χ3v) is 5.16. The first-order valence-corrected chi connectivity index (χ1v) is 7.39. The van der Waals surface area contributed by atoms with E-state index < -0.39 is 12.0 Å². The number of nitrogens with two attached hydrogens (primary N) is 1. The van der Waals surface area contributed by atoms with Crippen molar-refractivity contribution in [3.63, 3.8) is 0 Å². The van der Waals surface area contributed by atoms with E-state index in [0.717, 1.165) is 35.2 Å². The van der Waals surface area contributed by atoms with Gasteiger partial charge in [0.2, 0.25) is 0 Å². The fourth-order valence-electron chi connectivity index (χ4n) is 2.07. The molecule has 0 heterocycles. The van der Waals surface area contributed by atoms with Crippen molar-refractivity contribution >= 4 is 9.81 Å². The molecule has 1 amide bonds. The van der Waals surface area contributed by atoms with Crippen molar-refractivity contribution in [1.82, 2.24) is 0 Å². The Morgan fingerprint density at radius 3 is 2.89 bits per heavy atom. The van der Waals surface area contributed by atoms with Crippen molar-refractivity contribution in [2.75, 3.05) is 7.11 Å². The van der Waals surface area contributed by atoms with E-state index >= 15 is 0 Å². The Labute approximate surface area is 118 Å². The van der Waals surface area contributed by atoms with E-state index in [1.165, 1.54) is 19.4 Å². The fraction of sp³-hybridized carbons (Fsp3) is 0.538. The molecule has 5 heteroatoms. The second-order valence-electron chi connectivity index (χ2n) is 4.40. The Bertz CT molecular complexity index is 390. The average molecular weight is 421 g/mol. The van der Waals surface area contributed by atoms with Crippen LogP contribution in [0, 0.1) is 5.92 Å². The topological polar surface area (TPSA) is 72.5 Å². The minimum absolute atomic E-state index is 0.157. The van der Waals surface area contributed by atoms with Crippen molar-refractivity contribution in [3.8, 4) is 0 Å². The van der Waals surface area contributed by atoms with Crippen LogP contribution >= 0.6 is 0 Å². The zero-order chi connectivity index (χ0) is 13.7. The summed E-state index contributed by atoms with van der Waals surface area (Å²) in [7, 11) is 1.58. The van der Waals surface area contributed by atoms with E-state index in [9.17, 15) is 9.90 Å². The van der Waals surface area contributed by atoms with Gasteiger partial charge >= 0.3 is 118 Å². The molecule has 1 rings (SSSR count). The molecule has 2 atom stereocenters. The van der Waals surface area contributed by atoms with Crippen LogP contribution < -0.4 is 5.73 Å². The first kappa shape index (κ1) is 15.3. The Hall–Kier alpha value is -0.732. The van der Waals surface area contributed by atoms with Gasteiger partial charge in [-0.1, -0.05) is 0 Å². The monoisotopic (exact) mass is 421 g/mol. The first-order chi connectivity index (χ1) is 8.47. The molecule has 0 aromatic heterocycles. The third kappa shape index (κ3) is 3.89. The molecule has 3 N–H and O–H groups in total. The number of hydrogen-bond acceptors (Lipinski definition) is 3. The van der Waals surface area contributed by atoms with Gasteiger partial charge in [0.15, 0.2) is 0 Å². The zero-order valence-electron chi connectivity index (χ0n) is 10.5. The van der Waals surface area contributed by atoms with E-state index in [1.807, 2.05) is 6.08 Å². The van der Waals surface area contributed by atoms with Crippen molar-refractivity contribution < 1.29 is 34.0 Å². The number of carbonyl (C=O) groups is 1. The molecule has 1 aliphatic rings. The number of carbonyl (C=O) groups excluding carboxylic acids is 1. The van der Waals surface area contributed by atoms with E-state index in [-0.39, 0.29) is 5.92 Å². The zero-order valence-corrected chi connectivity index (χ0v) is 13.5. The van der Waals surface area contributed by atoms with Crippen LogP contribution in [0.4, 0.5) is 0 Å². The molecule has 0 spiro atoms. The van der Waals surface area contributed by atoms with Crippen LogP contribution in [0.15, 0.2) is 24.0 Å². The van der Waals surface area contributed by atoms with Gasteiger partial charge in [-0.3, -0.25) is 0 Å². The Morgan fingerprint density at radius 1 is 1.67 bits per heavy atom. The van der Waals surface area contributed by atoms with Gasteiger partial charge in [-0.15, -0.1) is 0 Å². The second-order valence-corrected chi connectivity index (χ2v) is 5.98. The van der Waals surface area contributed by atoms with E-state index in [2.05, 4.69) is 6.58 Å². The quantitative estimate of drug-likeness (QED) is 0.522. The molecule has 4 nitrogen and oxygen atoms in total. The number of ether oxygens (including phenoxy) is 1. The molecule has 0 aliphatic heterocycles. The third-order valence-electron chi connectivity index (χ3n) is 3.13. The summed E-state index contributed by atoms with van der Waals surface area (Å²) in [5.41, 5.74) is 6.32. The van der Waals surface area contributed by atoms with Gasteiger partial charge in [-0.05, 0) is 0 Å². The summed E-state index contributed by atoms with van der Waals surface area (Å²) in [6, 6.07) is 0. The standard InChI is InChI=1S/C13H19NO3.W/c1-9(17-2)7-10-5-3-4-6-11(8-10)12(15)13(14)16;/h7,11-12,15H,1,3-6H2,2H3,(H2,14,16);. The molecule has 1 aliphatic carbocycles. The van der Waals surface area contributed by atoms with Crippen molar-refractivity contribution in [2.24, 2.45) is 11.7 Å². The van der Waals surface area contributed by atoms with Crippen molar-refractivity contribution in [2.45, 2.75) is 31.8 Å². The predicted octanol–water partition coefficient (Wildman–Crippen LogP) is 0.829. The molecular formula is C13H19NO3W. The number of aliphatic hydroxyl groups is 1. The summed E-state index contributed by atoms with van der Waals surface area (Å²) in [5, 5.41) is 9.89. The summed E-state index contributed by atoms with van der Waals surface area (Å²) in [6.45, 7) is 3.78. The number of allylic oxidation sites excluding steroid dienone is 2. The van der Waals surface area contributed by atoms with E-state index in [1.54, 1.807) is 7.11 Å². The van der Waals surface area contributed by atoms with E-state index in [0.29, 0.717) is 5.76 Å². The molecular weight excluding hydrogens is 402 g/mol. The number of amides is 1. The van der Waals surface area contributed by atoms with Crippen LogP contribution in [0.5, 0.6) is 0 Å². The fourth-order valence-corrected chi connectivity index (χ4v) is 3.53.